The Morgan fingerprint density at radius 3 is 1.94 bits per heavy atom. The number of nitrogens with zero attached hydrogens (tertiary/aromatic N) is 1. The molecular formula is C32H32NP. The van der Waals surface area contributed by atoms with E-state index in [9.17, 15) is 0 Å². The zero-order chi connectivity index (χ0) is 22.7. The second-order valence-corrected chi connectivity index (χ2v) is 10.9. The van der Waals surface area contributed by atoms with E-state index in [4.69, 9.17) is 0 Å². The van der Waals surface area contributed by atoms with E-state index in [0.717, 1.165) is 0 Å². The van der Waals surface area contributed by atoms with Crippen molar-refractivity contribution in [1.82, 2.24) is 0 Å². The van der Waals surface area contributed by atoms with E-state index < -0.39 is 0 Å². The standard InChI is InChI=1S/C32H32NP/c1-3-15-26(16-4-1)33(34-27-17-5-2-6-18-27)31-23-22-25-13-8-10-20-29(25)32(31)30-21-11-14-24-12-7-9-19-28(24)30/h1-6,11,14-18,21-23,34H,7-10,12-13,19-20H2. The van der Waals surface area contributed by atoms with Crippen molar-refractivity contribution in [3.63, 3.8) is 0 Å². The van der Waals surface area contributed by atoms with Crippen LogP contribution in [0.25, 0.3) is 11.1 Å². The first-order valence-corrected chi connectivity index (χ1v) is 13.8. The third-order valence-electron chi connectivity index (χ3n) is 7.45. The highest BCUT2D eigenvalue weighted by atomic mass is 31.1. The predicted octanol–water partition coefficient (Wildman–Crippen LogP) is 8.17. The maximum absolute atomic E-state index is 2.57. The van der Waals surface area contributed by atoms with Gasteiger partial charge < -0.3 is 4.67 Å². The minimum Gasteiger partial charge on any atom is -0.318 e. The number of hydrogen-bond acceptors (Lipinski definition) is 1. The highest BCUT2D eigenvalue weighted by Gasteiger charge is 2.25. The molecule has 1 atom stereocenters. The van der Waals surface area contributed by atoms with E-state index in [2.05, 4.69) is 95.7 Å². The molecule has 0 bridgehead atoms. The molecule has 0 saturated heterocycles. The average Bonchev–Trinajstić information content (AvgIpc) is 2.92. The van der Waals surface area contributed by atoms with Crippen LogP contribution in [0.2, 0.25) is 0 Å². The van der Waals surface area contributed by atoms with E-state index in [1.165, 1.54) is 79.2 Å². The third kappa shape index (κ3) is 4.19. The second kappa shape index (κ2) is 9.77. The molecule has 0 heterocycles. The van der Waals surface area contributed by atoms with Crippen LogP contribution in [0, 0.1) is 0 Å². The molecule has 2 aliphatic rings. The summed E-state index contributed by atoms with van der Waals surface area (Å²) in [5.41, 5.74) is 12.0. The number of aryl methyl sites for hydroxylation is 2. The summed E-state index contributed by atoms with van der Waals surface area (Å²) >= 11 is 0. The quantitative estimate of drug-likeness (QED) is 0.271. The van der Waals surface area contributed by atoms with Gasteiger partial charge in [0.2, 0.25) is 0 Å². The van der Waals surface area contributed by atoms with Crippen molar-refractivity contribution in [2.75, 3.05) is 4.67 Å². The zero-order valence-corrected chi connectivity index (χ0v) is 20.8. The van der Waals surface area contributed by atoms with Crippen LogP contribution in [0.5, 0.6) is 0 Å². The van der Waals surface area contributed by atoms with Gasteiger partial charge in [-0.05, 0) is 103 Å². The van der Waals surface area contributed by atoms with Gasteiger partial charge in [-0.15, -0.1) is 0 Å². The predicted molar refractivity (Wildman–Crippen MR) is 148 cm³/mol. The summed E-state index contributed by atoms with van der Waals surface area (Å²) in [4.78, 5) is 0. The summed E-state index contributed by atoms with van der Waals surface area (Å²) in [6.07, 6.45) is 10.1. The summed E-state index contributed by atoms with van der Waals surface area (Å²) in [5.74, 6) is 0. The molecule has 0 N–H and O–H groups in total. The molecule has 1 unspecified atom stereocenters. The summed E-state index contributed by atoms with van der Waals surface area (Å²) < 4.78 is 2.57. The lowest BCUT2D eigenvalue weighted by atomic mass is 9.80. The molecule has 34 heavy (non-hydrogen) atoms. The fourth-order valence-corrected chi connectivity index (χ4v) is 6.99. The minimum absolute atomic E-state index is 0.547. The summed E-state index contributed by atoms with van der Waals surface area (Å²) in [5, 5.41) is 1.37. The van der Waals surface area contributed by atoms with Gasteiger partial charge in [0.15, 0.2) is 0 Å². The Kier molecular flexibility index (Phi) is 6.21. The van der Waals surface area contributed by atoms with Crippen molar-refractivity contribution < 1.29 is 0 Å². The van der Waals surface area contributed by atoms with Crippen molar-refractivity contribution in [3.05, 3.63) is 113 Å². The Bertz CT molecular complexity index is 1280. The molecule has 170 valence electrons. The normalized spacial score (nSPS) is 15.2. The fraction of sp³-hybridized carbons (Fsp3) is 0.250. The Hall–Kier alpha value is -2.89. The second-order valence-electron chi connectivity index (χ2n) is 9.60. The van der Waals surface area contributed by atoms with Gasteiger partial charge in [0.25, 0.3) is 0 Å². The zero-order valence-electron chi connectivity index (χ0n) is 19.8. The average molecular weight is 462 g/mol. The van der Waals surface area contributed by atoms with Gasteiger partial charge in [-0.2, -0.15) is 0 Å². The highest BCUT2D eigenvalue weighted by molar-refractivity contribution is 7.49. The number of rotatable bonds is 5. The number of benzene rings is 4. The number of anilines is 2. The lowest BCUT2D eigenvalue weighted by molar-refractivity contribution is 0.681. The van der Waals surface area contributed by atoms with E-state index in [1.807, 2.05) is 0 Å². The number of hydrogen-bond donors (Lipinski definition) is 0. The first kappa shape index (κ1) is 21.6. The highest BCUT2D eigenvalue weighted by Crippen LogP contribution is 2.47. The van der Waals surface area contributed by atoms with Crippen LogP contribution in [0.15, 0.2) is 91.0 Å². The molecule has 0 radical (unpaired) electrons. The molecule has 0 amide bonds. The van der Waals surface area contributed by atoms with Gasteiger partial charge in [0.1, 0.15) is 0 Å². The molecule has 2 aliphatic carbocycles. The molecule has 1 nitrogen and oxygen atoms in total. The van der Waals surface area contributed by atoms with Gasteiger partial charge in [-0.1, -0.05) is 72.8 Å². The van der Waals surface area contributed by atoms with Crippen LogP contribution >= 0.6 is 8.73 Å². The fourth-order valence-electron chi connectivity index (χ4n) is 5.80. The molecular weight excluding hydrogens is 429 g/mol. The van der Waals surface area contributed by atoms with Crippen molar-refractivity contribution in [1.29, 1.82) is 0 Å². The van der Waals surface area contributed by atoms with Crippen molar-refractivity contribution in [2.45, 2.75) is 51.4 Å². The first-order chi connectivity index (χ1) is 16.9. The largest absolute Gasteiger partial charge is 0.318 e. The molecule has 0 aromatic heterocycles. The van der Waals surface area contributed by atoms with Crippen LogP contribution in [0.4, 0.5) is 11.4 Å². The van der Waals surface area contributed by atoms with E-state index in [0.29, 0.717) is 8.73 Å². The number of fused-ring (bicyclic) bond motifs is 2. The summed E-state index contributed by atoms with van der Waals surface area (Å²) in [7, 11) is 0.547. The topological polar surface area (TPSA) is 3.24 Å². The van der Waals surface area contributed by atoms with E-state index in [1.54, 1.807) is 22.3 Å². The lowest BCUT2D eigenvalue weighted by Gasteiger charge is -2.32. The van der Waals surface area contributed by atoms with Crippen LogP contribution in [-0.4, -0.2) is 0 Å². The van der Waals surface area contributed by atoms with Crippen molar-refractivity contribution in [3.8, 4) is 11.1 Å². The first-order valence-electron chi connectivity index (χ1n) is 12.8. The van der Waals surface area contributed by atoms with E-state index in [-0.39, 0.29) is 0 Å². The summed E-state index contributed by atoms with van der Waals surface area (Å²) in [6.45, 7) is 0. The Morgan fingerprint density at radius 2 is 1.18 bits per heavy atom. The van der Waals surface area contributed by atoms with Gasteiger partial charge >= 0.3 is 0 Å². The third-order valence-corrected chi connectivity index (χ3v) is 8.76. The monoisotopic (exact) mass is 461 g/mol. The van der Waals surface area contributed by atoms with Crippen molar-refractivity contribution >= 4 is 25.4 Å². The molecule has 4 aromatic rings. The maximum Gasteiger partial charge on any atom is 0.0529 e. The molecule has 0 aliphatic heterocycles. The molecule has 0 saturated carbocycles. The van der Waals surface area contributed by atoms with Crippen molar-refractivity contribution in [2.24, 2.45) is 0 Å². The van der Waals surface area contributed by atoms with E-state index >= 15 is 0 Å². The lowest BCUT2D eigenvalue weighted by Crippen LogP contribution is -2.15. The van der Waals surface area contributed by atoms with Gasteiger partial charge in [0, 0.05) is 20.0 Å². The van der Waals surface area contributed by atoms with Gasteiger partial charge in [-0.25, -0.2) is 0 Å². The smallest absolute Gasteiger partial charge is 0.0529 e. The number of para-hydroxylation sites is 1. The molecule has 6 rings (SSSR count). The Morgan fingerprint density at radius 1 is 0.529 bits per heavy atom. The summed E-state index contributed by atoms with van der Waals surface area (Å²) in [6, 6.07) is 33.9. The Labute approximate surface area is 205 Å². The molecule has 2 heteroatoms. The van der Waals surface area contributed by atoms with Crippen LogP contribution in [-0.2, 0) is 25.7 Å². The maximum atomic E-state index is 2.57. The SMILES string of the molecule is c1ccc(PN(c2ccccc2)c2ccc3c(c2-c2cccc4c2CCCC4)CCCC3)cc1. The van der Waals surface area contributed by atoms with Gasteiger partial charge in [0.05, 0.1) is 5.69 Å². The van der Waals surface area contributed by atoms with Crippen LogP contribution < -0.4 is 9.97 Å². The van der Waals surface area contributed by atoms with Crippen LogP contribution in [0.1, 0.15) is 47.9 Å². The molecule has 0 spiro atoms. The minimum atomic E-state index is 0.547. The Balaban J connectivity index is 1.58. The van der Waals surface area contributed by atoms with Crippen LogP contribution in [0.3, 0.4) is 0 Å². The molecule has 4 aromatic carbocycles. The van der Waals surface area contributed by atoms with Gasteiger partial charge in [-0.3, -0.25) is 0 Å². The molecule has 0 fully saturated rings.